The van der Waals surface area contributed by atoms with Crippen molar-refractivity contribution in [2.75, 3.05) is 0 Å². The Hall–Kier alpha value is -0.626. The van der Waals surface area contributed by atoms with Crippen LogP contribution in [0.1, 0.15) is 33.1 Å². The summed E-state index contributed by atoms with van der Waals surface area (Å²) in [4.78, 5) is 0. The quantitative estimate of drug-likeness (QED) is 0.561. The highest BCUT2D eigenvalue weighted by Crippen LogP contribution is 2.33. The molecular weight excluding hydrogens is 284 g/mol. The summed E-state index contributed by atoms with van der Waals surface area (Å²) in [7, 11) is -3.22. The molecule has 0 aromatic carbocycles. The van der Waals surface area contributed by atoms with Crippen molar-refractivity contribution < 1.29 is 9.05 Å². The summed E-state index contributed by atoms with van der Waals surface area (Å²) < 4.78 is 11.4. The molecule has 0 aliphatic heterocycles. The third-order valence-electron chi connectivity index (χ3n) is 2.67. The molecule has 0 radical (unpaired) electrons. The Kier molecular flexibility index (Phi) is 5.24. The molecule has 1 aliphatic carbocycles. The number of nitrogens with zero attached hydrogens (tertiary/aromatic N) is 2. The van der Waals surface area contributed by atoms with Gasteiger partial charge < -0.3 is 9.05 Å². The van der Waals surface area contributed by atoms with Crippen LogP contribution in [0.5, 0.6) is 0 Å². The summed E-state index contributed by atoms with van der Waals surface area (Å²) in [5.74, 6) is 0. The predicted octanol–water partition coefficient (Wildman–Crippen LogP) is 4.61. The van der Waals surface area contributed by atoms with E-state index in [0.29, 0.717) is 0 Å². The Morgan fingerprint density at radius 1 is 0.800 bits per heavy atom. The Morgan fingerprint density at radius 3 is 1.45 bits per heavy atom. The van der Waals surface area contributed by atoms with E-state index in [1.807, 2.05) is 0 Å². The van der Waals surface area contributed by atoms with Gasteiger partial charge in [-0.15, -0.1) is 10.3 Å². The molecule has 20 heavy (non-hydrogen) atoms. The molecule has 0 heterocycles. The molecule has 0 atom stereocenters. The van der Waals surface area contributed by atoms with Gasteiger partial charge in [0.1, 0.15) is 0 Å². The van der Waals surface area contributed by atoms with E-state index in [-0.39, 0.29) is 5.41 Å². The minimum atomic E-state index is -1.61. The van der Waals surface area contributed by atoms with Gasteiger partial charge in [-0.1, -0.05) is 13.8 Å². The monoisotopic (exact) mass is 314 g/mol. The molecule has 0 spiro atoms. The molecule has 0 amide bonds. The Balaban J connectivity index is 2.80. The van der Waals surface area contributed by atoms with Crippen molar-refractivity contribution in [1.29, 1.82) is 0 Å². The smallest absolute Gasteiger partial charge is 0.278 e. The van der Waals surface area contributed by atoms with Crippen LogP contribution in [0, 0.1) is 5.41 Å². The van der Waals surface area contributed by atoms with Gasteiger partial charge in [-0.3, -0.25) is 0 Å². The van der Waals surface area contributed by atoms with Gasteiger partial charge in [0.05, 0.1) is 11.4 Å². The van der Waals surface area contributed by atoms with E-state index in [1.54, 1.807) is 0 Å². The van der Waals surface area contributed by atoms with Crippen LogP contribution in [-0.4, -0.2) is 28.1 Å². The van der Waals surface area contributed by atoms with Gasteiger partial charge in [0.25, 0.3) is 16.6 Å². The highest BCUT2D eigenvalue weighted by molar-refractivity contribution is 6.70. The lowest BCUT2D eigenvalue weighted by atomic mass is 9.75. The first kappa shape index (κ1) is 17.4. The highest BCUT2D eigenvalue weighted by atomic mass is 28.4. The van der Waals surface area contributed by atoms with Crippen LogP contribution in [0.3, 0.4) is 0 Å². The molecule has 0 N–H and O–H groups in total. The van der Waals surface area contributed by atoms with Gasteiger partial charge in [0, 0.05) is 6.42 Å². The van der Waals surface area contributed by atoms with E-state index in [9.17, 15) is 0 Å². The van der Waals surface area contributed by atoms with Crippen LogP contribution < -0.4 is 0 Å². The second kappa shape index (κ2) is 6.01. The summed E-state index contributed by atoms with van der Waals surface area (Å²) in [6.45, 7) is 17.4. The van der Waals surface area contributed by atoms with Crippen molar-refractivity contribution in [1.82, 2.24) is 0 Å². The molecule has 0 saturated heterocycles. The van der Waals surface area contributed by atoms with Crippen LogP contribution >= 0.6 is 0 Å². The van der Waals surface area contributed by atoms with E-state index in [1.165, 1.54) is 0 Å². The minimum Gasteiger partial charge on any atom is -0.456 e. The maximum absolute atomic E-state index is 5.70. The lowest BCUT2D eigenvalue weighted by Gasteiger charge is -2.31. The molecule has 0 aromatic rings. The van der Waals surface area contributed by atoms with Crippen LogP contribution in [0.25, 0.3) is 0 Å². The fourth-order valence-electron chi connectivity index (χ4n) is 2.06. The molecule has 116 valence electrons. The van der Waals surface area contributed by atoms with Crippen molar-refractivity contribution in [2.24, 2.45) is 15.7 Å². The molecule has 0 bridgehead atoms. The van der Waals surface area contributed by atoms with Crippen molar-refractivity contribution in [2.45, 2.75) is 72.4 Å². The van der Waals surface area contributed by atoms with E-state index in [4.69, 9.17) is 9.05 Å². The second-order valence-corrected chi connectivity index (χ2v) is 17.2. The molecule has 1 saturated carbocycles. The normalized spacial score (nSPS) is 24.0. The SMILES string of the molecule is CC1(C)C/C(=N/O[Si](C)(C)C)C/C(=N/O[Si](C)(C)C)C1. The Labute approximate surface area is 125 Å². The van der Waals surface area contributed by atoms with Crippen LogP contribution in [0.4, 0.5) is 0 Å². The maximum atomic E-state index is 5.70. The van der Waals surface area contributed by atoms with E-state index >= 15 is 0 Å². The van der Waals surface area contributed by atoms with E-state index in [2.05, 4.69) is 63.4 Å². The summed E-state index contributed by atoms with van der Waals surface area (Å²) in [6, 6.07) is 0. The van der Waals surface area contributed by atoms with Gasteiger partial charge in [-0.05, 0) is 57.5 Å². The summed E-state index contributed by atoms with van der Waals surface area (Å²) in [5, 5.41) is 8.80. The molecular formula is C14H30N2O2Si2. The summed E-state index contributed by atoms with van der Waals surface area (Å²) >= 11 is 0. The van der Waals surface area contributed by atoms with Gasteiger partial charge >= 0.3 is 0 Å². The number of rotatable bonds is 4. The lowest BCUT2D eigenvalue weighted by Crippen LogP contribution is -2.32. The average molecular weight is 315 g/mol. The lowest BCUT2D eigenvalue weighted by molar-refractivity contribution is 0.310. The molecule has 1 fully saturated rings. The maximum Gasteiger partial charge on any atom is 0.278 e. The van der Waals surface area contributed by atoms with Gasteiger partial charge in [0.2, 0.25) is 0 Å². The predicted molar refractivity (Wildman–Crippen MR) is 91.4 cm³/mol. The fourth-order valence-corrected chi connectivity index (χ4v) is 2.87. The standard InChI is InChI=1S/C14H30N2O2Si2/c1-14(2)10-12(15-17-19(3,4)5)9-13(11-14)16-18-20(6,7)8/h9-11H2,1-8H3/b15-12-,16-13+. The van der Waals surface area contributed by atoms with Gasteiger partial charge in [-0.2, -0.15) is 0 Å². The van der Waals surface area contributed by atoms with Crippen molar-refractivity contribution in [3.05, 3.63) is 0 Å². The second-order valence-electron chi connectivity index (χ2n) is 8.42. The molecule has 6 heteroatoms. The van der Waals surface area contributed by atoms with Crippen LogP contribution in [0.2, 0.25) is 39.3 Å². The zero-order chi connectivity index (χ0) is 15.6. The summed E-state index contributed by atoms with van der Waals surface area (Å²) in [5.41, 5.74) is 2.38. The van der Waals surface area contributed by atoms with Crippen LogP contribution in [-0.2, 0) is 9.05 Å². The number of hydrogen-bond donors (Lipinski definition) is 0. The first-order valence-electron chi connectivity index (χ1n) is 7.34. The third kappa shape index (κ3) is 7.23. The zero-order valence-electron chi connectivity index (χ0n) is 14.3. The highest BCUT2D eigenvalue weighted by Gasteiger charge is 2.31. The Morgan fingerprint density at radius 2 is 1.15 bits per heavy atom. The summed E-state index contributed by atoms with van der Waals surface area (Å²) in [6.07, 6.45) is 2.74. The third-order valence-corrected chi connectivity index (χ3v) is 3.95. The number of hydrogen-bond acceptors (Lipinski definition) is 4. The largest absolute Gasteiger partial charge is 0.456 e. The van der Waals surface area contributed by atoms with Gasteiger partial charge in [-0.25, -0.2) is 0 Å². The molecule has 0 aromatic heterocycles. The van der Waals surface area contributed by atoms with E-state index < -0.39 is 16.6 Å². The van der Waals surface area contributed by atoms with Gasteiger partial charge in [0.15, 0.2) is 0 Å². The fraction of sp³-hybridized carbons (Fsp3) is 0.857. The molecule has 4 nitrogen and oxygen atoms in total. The zero-order valence-corrected chi connectivity index (χ0v) is 16.3. The van der Waals surface area contributed by atoms with Crippen molar-refractivity contribution in [3.8, 4) is 0 Å². The number of oxime groups is 2. The minimum absolute atomic E-state index is 0.182. The molecule has 1 rings (SSSR count). The first-order chi connectivity index (χ1) is 8.86. The Bertz CT molecular complexity index is 368. The van der Waals surface area contributed by atoms with Crippen LogP contribution in [0.15, 0.2) is 10.3 Å². The molecule has 1 aliphatic rings. The molecule has 0 unspecified atom stereocenters. The van der Waals surface area contributed by atoms with E-state index in [0.717, 1.165) is 30.7 Å². The van der Waals surface area contributed by atoms with Crippen molar-refractivity contribution >= 4 is 28.1 Å². The topological polar surface area (TPSA) is 43.2 Å². The first-order valence-corrected chi connectivity index (χ1v) is 14.2. The van der Waals surface area contributed by atoms with Crippen molar-refractivity contribution in [3.63, 3.8) is 0 Å². The average Bonchev–Trinajstić information content (AvgIpc) is 2.20.